The van der Waals surface area contributed by atoms with Crippen molar-refractivity contribution in [3.63, 3.8) is 0 Å². The van der Waals surface area contributed by atoms with Gasteiger partial charge >= 0.3 is 0 Å². The van der Waals surface area contributed by atoms with Crippen molar-refractivity contribution >= 4 is 17.9 Å². The van der Waals surface area contributed by atoms with Gasteiger partial charge in [0.15, 0.2) is 6.29 Å². The molecule has 0 atom stereocenters. The molecule has 2 aromatic rings. The molecule has 0 unspecified atom stereocenters. The molecular formula is C12H10ClNO. The smallest absolute Gasteiger partial charge is 0.151 e. The zero-order valence-corrected chi connectivity index (χ0v) is 8.82. The summed E-state index contributed by atoms with van der Waals surface area (Å²) in [5.74, 6) is 0. The molecule has 0 aliphatic heterocycles. The van der Waals surface area contributed by atoms with Crippen LogP contribution in [0.3, 0.4) is 0 Å². The Kier molecular flexibility index (Phi) is 2.88. The molecule has 0 N–H and O–H groups in total. The van der Waals surface area contributed by atoms with Crippen LogP contribution in [0.25, 0.3) is 0 Å². The largest absolute Gasteiger partial charge is 0.349 e. The molecule has 0 radical (unpaired) electrons. The third-order valence-electron chi connectivity index (χ3n) is 2.19. The first-order valence-electron chi connectivity index (χ1n) is 4.63. The summed E-state index contributed by atoms with van der Waals surface area (Å²) < 4.78 is 1.97. The Morgan fingerprint density at radius 1 is 1.20 bits per heavy atom. The minimum atomic E-state index is 0.698. The number of carbonyl (C=O) groups excluding carboxylic acids is 1. The van der Waals surface area contributed by atoms with Crippen molar-refractivity contribution in [3.8, 4) is 0 Å². The Bertz CT molecular complexity index is 459. The predicted octanol–water partition coefficient (Wildman–Crippen LogP) is 3.00. The third-order valence-corrected chi connectivity index (χ3v) is 2.44. The molecule has 1 aromatic carbocycles. The van der Waals surface area contributed by atoms with Crippen molar-refractivity contribution in [3.05, 3.63) is 58.9 Å². The van der Waals surface area contributed by atoms with Crippen LogP contribution in [0.1, 0.15) is 15.9 Å². The topological polar surface area (TPSA) is 22.0 Å². The van der Waals surface area contributed by atoms with Gasteiger partial charge in [-0.05, 0) is 23.8 Å². The molecule has 0 spiro atoms. The van der Waals surface area contributed by atoms with Gasteiger partial charge in [-0.2, -0.15) is 0 Å². The molecule has 2 rings (SSSR count). The number of hydrogen-bond donors (Lipinski definition) is 0. The lowest BCUT2D eigenvalue weighted by Gasteiger charge is -2.02. The summed E-state index contributed by atoms with van der Waals surface area (Å²) in [6, 6.07) is 9.47. The van der Waals surface area contributed by atoms with Gasteiger partial charge in [0.25, 0.3) is 0 Å². The maximum Gasteiger partial charge on any atom is 0.151 e. The number of nitrogens with zero attached hydrogens (tertiary/aromatic N) is 1. The molecule has 0 bridgehead atoms. The summed E-state index contributed by atoms with van der Waals surface area (Å²) in [5, 5.41) is 0.736. The first-order chi connectivity index (χ1) is 7.28. The predicted molar refractivity (Wildman–Crippen MR) is 60.4 cm³/mol. The Morgan fingerprint density at radius 3 is 2.53 bits per heavy atom. The lowest BCUT2D eigenvalue weighted by molar-refractivity contribution is 0.112. The minimum absolute atomic E-state index is 0.698. The lowest BCUT2D eigenvalue weighted by atomic mass is 10.2. The molecule has 0 amide bonds. The van der Waals surface area contributed by atoms with Crippen molar-refractivity contribution in [2.45, 2.75) is 6.54 Å². The van der Waals surface area contributed by atoms with Crippen LogP contribution in [0.2, 0.25) is 5.02 Å². The van der Waals surface area contributed by atoms with E-state index in [2.05, 4.69) is 0 Å². The summed E-state index contributed by atoms with van der Waals surface area (Å²) in [7, 11) is 0. The molecule has 0 aliphatic rings. The van der Waals surface area contributed by atoms with Crippen LogP contribution in [0.15, 0.2) is 42.7 Å². The zero-order valence-electron chi connectivity index (χ0n) is 8.06. The molecule has 0 fully saturated rings. The number of benzene rings is 1. The minimum Gasteiger partial charge on any atom is -0.349 e. The molecule has 0 aliphatic carbocycles. The Balaban J connectivity index is 2.14. The normalized spacial score (nSPS) is 10.2. The monoisotopic (exact) mass is 219 g/mol. The molecule has 2 nitrogen and oxygen atoms in total. The van der Waals surface area contributed by atoms with Crippen molar-refractivity contribution in [1.82, 2.24) is 4.57 Å². The van der Waals surface area contributed by atoms with Gasteiger partial charge in [0.1, 0.15) is 0 Å². The Labute approximate surface area is 93.1 Å². The van der Waals surface area contributed by atoms with Crippen molar-refractivity contribution in [2.75, 3.05) is 0 Å². The summed E-state index contributed by atoms with van der Waals surface area (Å²) >= 11 is 5.79. The first kappa shape index (κ1) is 9.99. The highest BCUT2D eigenvalue weighted by molar-refractivity contribution is 6.30. The van der Waals surface area contributed by atoms with Crippen molar-refractivity contribution in [1.29, 1.82) is 0 Å². The van der Waals surface area contributed by atoms with Crippen LogP contribution in [0.5, 0.6) is 0 Å². The fourth-order valence-electron chi connectivity index (χ4n) is 1.43. The molecular weight excluding hydrogens is 210 g/mol. The van der Waals surface area contributed by atoms with E-state index >= 15 is 0 Å². The van der Waals surface area contributed by atoms with E-state index in [1.807, 2.05) is 41.2 Å². The summed E-state index contributed by atoms with van der Waals surface area (Å²) in [6.45, 7) is 0.755. The van der Waals surface area contributed by atoms with Gasteiger partial charge in [0, 0.05) is 29.5 Å². The molecule has 0 saturated heterocycles. The van der Waals surface area contributed by atoms with E-state index in [1.165, 1.54) is 0 Å². The van der Waals surface area contributed by atoms with Gasteiger partial charge in [-0.3, -0.25) is 4.79 Å². The van der Waals surface area contributed by atoms with Crippen LogP contribution < -0.4 is 0 Å². The Morgan fingerprint density at radius 2 is 1.93 bits per heavy atom. The molecule has 3 heteroatoms. The van der Waals surface area contributed by atoms with Gasteiger partial charge in [0.05, 0.1) is 0 Å². The number of rotatable bonds is 3. The average Bonchev–Trinajstić information content (AvgIpc) is 2.69. The van der Waals surface area contributed by atoms with Gasteiger partial charge < -0.3 is 4.57 Å². The second-order valence-electron chi connectivity index (χ2n) is 3.36. The second kappa shape index (κ2) is 4.32. The van der Waals surface area contributed by atoms with Crippen LogP contribution in [0.4, 0.5) is 0 Å². The highest BCUT2D eigenvalue weighted by Gasteiger charge is 1.97. The molecule has 1 heterocycles. The summed E-state index contributed by atoms with van der Waals surface area (Å²) in [5.41, 5.74) is 1.86. The molecule has 0 saturated carbocycles. The maximum atomic E-state index is 10.5. The van der Waals surface area contributed by atoms with E-state index in [9.17, 15) is 4.79 Å². The SMILES string of the molecule is O=Cc1ccn(Cc2ccc(Cl)cc2)c1. The molecule has 76 valence electrons. The highest BCUT2D eigenvalue weighted by Crippen LogP contribution is 2.11. The third kappa shape index (κ3) is 2.48. The van der Waals surface area contributed by atoms with E-state index in [0.717, 1.165) is 23.4 Å². The van der Waals surface area contributed by atoms with Crippen molar-refractivity contribution in [2.24, 2.45) is 0 Å². The lowest BCUT2D eigenvalue weighted by Crippen LogP contribution is -1.95. The standard InChI is InChI=1S/C12H10ClNO/c13-12-3-1-10(2-4-12)7-14-6-5-11(8-14)9-15/h1-6,8-9H,7H2. The fourth-order valence-corrected chi connectivity index (χ4v) is 1.55. The molecule has 1 aromatic heterocycles. The van der Waals surface area contributed by atoms with Crippen LogP contribution >= 0.6 is 11.6 Å². The fraction of sp³-hybridized carbons (Fsp3) is 0.0833. The summed E-state index contributed by atoms with van der Waals surface area (Å²) in [4.78, 5) is 10.5. The number of carbonyl (C=O) groups is 1. The zero-order chi connectivity index (χ0) is 10.7. The quantitative estimate of drug-likeness (QED) is 0.728. The van der Waals surface area contributed by atoms with E-state index in [0.29, 0.717) is 5.56 Å². The van der Waals surface area contributed by atoms with Gasteiger partial charge in [0.2, 0.25) is 0 Å². The van der Waals surface area contributed by atoms with E-state index in [1.54, 1.807) is 6.07 Å². The van der Waals surface area contributed by atoms with E-state index in [-0.39, 0.29) is 0 Å². The van der Waals surface area contributed by atoms with Crippen molar-refractivity contribution < 1.29 is 4.79 Å². The highest BCUT2D eigenvalue weighted by atomic mass is 35.5. The van der Waals surface area contributed by atoms with Crippen LogP contribution in [-0.2, 0) is 6.54 Å². The number of hydrogen-bond acceptors (Lipinski definition) is 1. The van der Waals surface area contributed by atoms with Gasteiger partial charge in [-0.15, -0.1) is 0 Å². The number of aldehydes is 1. The van der Waals surface area contributed by atoms with Crippen LogP contribution in [-0.4, -0.2) is 10.9 Å². The van der Waals surface area contributed by atoms with Gasteiger partial charge in [-0.25, -0.2) is 0 Å². The van der Waals surface area contributed by atoms with E-state index in [4.69, 9.17) is 11.6 Å². The maximum absolute atomic E-state index is 10.5. The average molecular weight is 220 g/mol. The van der Waals surface area contributed by atoms with Gasteiger partial charge in [-0.1, -0.05) is 23.7 Å². The number of halogens is 1. The number of aromatic nitrogens is 1. The Hall–Kier alpha value is -1.54. The second-order valence-corrected chi connectivity index (χ2v) is 3.80. The van der Waals surface area contributed by atoms with E-state index < -0.39 is 0 Å². The molecule has 15 heavy (non-hydrogen) atoms. The summed E-state index contributed by atoms with van der Waals surface area (Å²) in [6.07, 6.45) is 4.55. The first-order valence-corrected chi connectivity index (χ1v) is 5.01. The van der Waals surface area contributed by atoms with Crippen LogP contribution in [0, 0.1) is 0 Å².